The standard InChI is InChI=1S/C17H18N4O2S/c1-3-24-14-9-5-4-7-12(14)17(22)18-11-15-19-16(20-23-15)13-8-6-10-21(13)2/h4-10H,3,11H2,1-2H3,(H,18,22). The number of carbonyl (C=O) groups is 1. The van der Waals surface area contributed by atoms with Crippen LogP contribution in [-0.2, 0) is 13.6 Å². The van der Waals surface area contributed by atoms with Gasteiger partial charge in [-0.3, -0.25) is 4.79 Å². The number of rotatable bonds is 6. The summed E-state index contributed by atoms with van der Waals surface area (Å²) in [6.07, 6.45) is 1.91. The number of benzene rings is 1. The lowest BCUT2D eigenvalue weighted by Crippen LogP contribution is -2.23. The number of carbonyl (C=O) groups excluding carboxylic acids is 1. The Labute approximate surface area is 144 Å². The lowest BCUT2D eigenvalue weighted by molar-refractivity contribution is 0.0943. The third-order valence-electron chi connectivity index (χ3n) is 3.47. The molecule has 0 aliphatic carbocycles. The molecule has 0 aliphatic rings. The smallest absolute Gasteiger partial charge is 0.252 e. The van der Waals surface area contributed by atoms with E-state index in [1.54, 1.807) is 11.8 Å². The average Bonchev–Trinajstić information content (AvgIpc) is 3.22. The molecule has 0 spiro atoms. The summed E-state index contributed by atoms with van der Waals surface area (Å²) < 4.78 is 7.12. The van der Waals surface area contributed by atoms with Gasteiger partial charge in [-0.2, -0.15) is 4.98 Å². The molecule has 6 nitrogen and oxygen atoms in total. The molecular formula is C17H18N4O2S. The molecule has 1 N–H and O–H groups in total. The molecule has 0 bridgehead atoms. The molecule has 3 aromatic rings. The zero-order valence-corrected chi connectivity index (χ0v) is 14.3. The van der Waals surface area contributed by atoms with Gasteiger partial charge in [-0.25, -0.2) is 0 Å². The molecule has 2 heterocycles. The highest BCUT2D eigenvalue weighted by Gasteiger charge is 2.14. The highest BCUT2D eigenvalue weighted by atomic mass is 32.2. The van der Waals surface area contributed by atoms with Gasteiger partial charge in [0.25, 0.3) is 5.91 Å². The van der Waals surface area contributed by atoms with E-state index < -0.39 is 0 Å². The molecule has 124 valence electrons. The van der Waals surface area contributed by atoms with Crippen molar-refractivity contribution in [1.29, 1.82) is 0 Å². The quantitative estimate of drug-likeness (QED) is 0.697. The van der Waals surface area contributed by atoms with Gasteiger partial charge in [-0.05, 0) is 30.0 Å². The van der Waals surface area contributed by atoms with Crippen LogP contribution in [0.1, 0.15) is 23.2 Å². The first kappa shape index (κ1) is 16.3. The predicted octanol–water partition coefficient (Wildman–Crippen LogP) is 3.12. The van der Waals surface area contributed by atoms with Crippen LogP contribution in [0.3, 0.4) is 0 Å². The fourth-order valence-electron chi connectivity index (χ4n) is 2.31. The Balaban J connectivity index is 1.67. The highest BCUT2D eigenvalue weighted by molar-refractivity contribution is 7.99. The Hall–Kier alpha value is -2.54. The molecule has 2 aromatic heterocycles. The number of aryl methyl sites for hydroxylation is 1. The van der Waals surface area contributed by atoms with E-state index >= 15 is 0 Å². The second-order valence-corrected chi connectivity index (χ2v) is 6.43. The third-order valence-corrected chi connectivity index (χ3v) is 4.43. The minimum absolute atomic E-state index is 0.148. The Morgan fingerprint density at radius 2 is 2.12 bits per heavy atom. The summed E-state index contributed by atoms with van der Waals surface area (Å²) in [7, 11) is 1.91. The van der Waals surface area contributed by atoms with Crippen molar-refractivity contribution in [3.63, 3.8) is 0 Å². The molecule has 24 heavy (non-hydrogen) atoms. The Bertz CT molecular complexity index is 840. The molecule has 7 heteroatoms. The summed E-state index contributed by atoms with van der Waals surface area (Å²) in [4.78, 5) is 17.7. The van der Waals surface area contributed by atoms with E-state index in [-0.39, 0.29) is 12.5 Å². The summed E-state index contributed by atoms with van der Waals surface area (Å²) in [5.41, 5.74) is 1.52. The van der Waals surface area contributed by atoms with Crippen molar-refractivity contribution in [3.05, 3.63) is 54.0 Å². The monoisotopic (exact) mass is 342 g/mol. The van der Waals surface area contributed by atoms with Gasteiger partial charge in [0.05, 0.1) is 17.8 Å². The fraction of sp³-hybridized carbons (Fsp3) is 0.235. The Morgan fingerprint density at radius 3 is 2.88 bits per heavy atom. The SMILES string of the molecule is CCSc1ccccc1C(=O)NCc1nc(-c2cccn2C)no1. The van der Waals surface area contributed by atoms with Crippen molar-refractivity contribution in [1.82, 2.24) is 20.0 Å². The number of thioether (sulfide) groups is 1. The van der Waals surface area contributed by atoms with E-state index in [1.807, 2.05) is 54.2 Å². The maximum absolute atomic E-state index is 12.4. The lowest BCUT2D eigenvalue weighted by atomic mass is 10.2. The van der Waals surface area contributed by atoms with Crippen LogP contribution >= 0.6 is 11.8 Å². The van der Waals surface area contributed by atoms with Gasteiger partial charge in [0, 0.05) is 18.1 Å². The van der Waals surface area contributed by atoms with Gasteiger partial charge < -0.3 is 14.4 Å². The molecule has 0 saturated carbocycles. The maximum atomic E-state index is 12.4. The number of hydrogen-bond acceptors (Lipinski definition) is 5. The first-order valence-electron chi connectivity index (χ1n) is 7.63. The van der Waals surface area contributed by atoms with Crippen molar-refractivity contribution in [2.24, 2.45) is 7.05 Å². The van der Waals surface area contributed by atoms with Gasteiger partial charge in [0.1, 0.15) is 0 Å². The summed E-state index contributed by atoms with van der Waals surface area (Å²) in [6.45, 7) is 2.25. The van der Waals surface area contributed by atoms with Crippen LogP contribution in [0.5, 0.6) is 0 Å². The first-order chi connectivity index (χ1) is 11.7. The summed E-state index contributed by atoms with van der Waals surface area (Å²) >= 11 is 1.64. The minimum Gasteiger partial charge on any atom is -0.348 e. The molecule has 0 atom stereocenters. The summed E-state index contributed by atoms with van der Waals surface area (Å²) in [5.74, 6) is 1.65. The largest absolute Gasteiger partial charge is 0.348 e. The molecule has 3 rings (SSSR count). The van der Waals surface area contributed by atoms with Crippen molar-refractivity contribution < 1.29 is 9.32 Å². The summed E-state index contributed by atoms with van der Waals surface area (Å²) in [5, 5.41) is 6.79. The van der Waals surface area contributed by atoms with E-state index in [1.165, 1.54) is 0 Å². The van der Waals surface area contributed by atoms with Crippen LogP contribution < -0.4 is 5.32 Å². The topological polar surface area (TPSA) is 73.0 Å². The summed E-state index contributed by atoms with van der Waals surface area (Å²) in [6, 6.07) is 11.4. The van der Waals surface area contributed by atoms with Crippen LogP contribution in [0, 0.1) is 0 Å². The minimum atomic E-state index is -0.148. The van der Waals surface area contributed by atoms with Gasteiger partial charge in [-0.1, -0.05) is 24.2 Å². The van der Waals surface area contributed by atoms with Crippen LogP contribution in [0.4, 0.5) is 0 Å². The molecule has 0 unspecified atom stereocenters. The Kier molecular flexibility index (Phi) is 5.00. The van der Waals surface area contributed by atoms with Gasteiger partial charge in [0.2, 0.25) is 11.7 Å². The predicted molar refractivity (Wildman–Crippen MR) is 92.7 cm³/mol. The highest BCUT2D eigenvalue weighted by Crippen LogP contribution is 2.22. The second-order valence-electron chi connectivity index (χ2n) is 5.13. The lowest BCUT2D eigenvalue weighted by Gasteiger charge is -2.07. The van der Waals surface area contributed by atoms with Crippen molar-refractivity contribution in [2.75, 3.05) is 5.75 Å². The van der Waals surface area contributed by atoms with Crippen molar-refractivity contribution in [2.45, 2.75) is 18.4 Å². The molecular weight excluding hydrogens is 324 g/mol. The number of amides is 1. The zero-order chi connectivity index (χ0) is 16.9. The number of hydrogen-bond donors (Lipinski definition) is 1. The molecule has 1 aromatic carbocycles. The van der Waals surface area contributed by atoms with Gasteiger partial charge in [-0.15, -0.1) is 11.8 Å². The van der Waals surface area contributed by atoms with E-state index in [0.717, 1.165) is 16.3 Å². The van der Waals surface area contributed by atoms with E-state index in [0.29, 0.717) is 17.3 Å². The van der Waals surface area contributed by atoms with E-state index in [2.05, 4.69) is 22.4 Å². The Morgan fingerprint density at radius 1 is 1.29 bits per heavy atom. The van der Waals surface area contributed by atoms with Gasteiger partial charge >= 0.3 is 0 Å². The second kappa shape index (κ2) is 7.35. The van der Waals surface area contributed by atoms with Crippen LogP contribution in [0.15, 0.2) is 52.0 Å². The number of nitrogens with one attached hydrogen (secondary N) is 1. The maximum Gasteiger partial charge on any atom is 0.252 e. The van der Waals surface area contributed by atoms with E-state index in [4.69, 9.17) is 4.52 Å². The fourth-order valence-corrected chi connectivity index (χ4v) is 3.11. The third kappa shape index (κ3) is 3.51. The van der Waals surface area contributed by atoms with Crippen LogP contribution in [-0.4, -0.2) is 26.4 Å². The molecule has 0 fully saturated rings. The van der Waals surface area contributed by atoms with Crippen molar-refractivity contribution >= 4 is 17.7 Å². The number of nitrogens with zero attached hydrogens (tertiary/aromatic N) is 3. The van der Waals surface area contributed by atoms with Crippen molar-refractivity contribution in [3.8, 4) is 11.5 Å². The van der Waals surface area contributed by atoms with Crippen LogP contribution in [0.25, 0.3) is 11.5 Å². The molecule has 0 aliphatic heterocycles. The molecule has 0 saturated heterocycles. The average molecular weight is 342 g/mol. The number of aromatic nitrogens is 3. The van der Waals surface area contributed by atoms with E-state index in [9.17, 15) is 4.79 Å². The molecule has 1 amide bonds. The van der Waals surface area contributed by atoms with Crippen LogP contribution in [0.2, 0.25) is 0 Å². The molecule has 0 radical (unpaired) electrons. The zero-order valence-electron chi connectivity index (χ0n) is 13.5. The normalized spacial score (nSPS) is 10.8. The first-order valence-corrected chi connectivity index (χ1v) is 8.62. The van der Waals surface area contributed by atoms with Gasteiger partial charge in [0.15, 0.2) is 0 Å².